The van der Waals surface area contributed by atoms with Crippen LogP contribution in [0, 0.1) is 0 Å². The lowest BCUT2D eigenvalue weighted by Gasteiger charge is -2.04. The van der Waals surface area contributed by atoms with Crippen LogP contribution in [0.1, 0.15) is 51.9 Å². The molecular formula is C22H32O3. The molecule has 0 aliphatic rings. The van der Waals surface area contributed by atoms with E-state index in [1.54, 1.807) is 12.2 Å². The average Bonchev–Trinajstić information content (AvgIpc) is 2.58. The Hall–Kier alpha value is -2.13. The number of hydrogen-bond acceptors (Lipinski definition) is 2. The van der Waals surface area contributed by atoms with Crippen LogP contribution in [0.5, 0.6) is 0 Å². The van der Waals surface area contributed by atoms with E-state index >= 15 is 0 Å². The lowest BCUT2D eigenvalue weighted by Crippen LogP contribution is -2.01. The third kappa shape index (κ3) is 19.8. The fourth-order valence-corrected chi connectivity index (χ4v) is 2.07. The molecule has 3 heteroatoms. The Labute approximate surface area is 152 Å². The second-order valence-corrected chi connectivity index (χ2v) is 5.75. The molecule has 0 spiro atoms. The number of allylic oxidation sites excluding steroid dienone is 10. The van der Waals surface area contributed by atoms with Crippen molar-refractivity contribution in [1.29, 1.82) is 0 Å². The number of carboxylic acids is 1. The molecule has 0 amide bonds. The zero-order valence-corrected chi connectivity index (χ0v) is 15.3. The summed E-state index contributed by atoms with van der Waals surface area (Å²) in [5, 5.41) is 18.2. The molecule has 0 aromatic carbocycles. The molecule has 1 atom stereocenters. The number of aliphatic hydroxyl groups is 1. The second kappa shape index (κ2) is 18.2. The van der Waals surface area contributed by atoms with Crippen molar-refractivity contribution in [2.75, 3.05) is 0 Å². The van der Waals surface area contributed by atoms with E-state index in [0.29, 0.717) is 0 Å². The van der Waals surface area contributed by atoms with Gasteiger partial charge >= 0.3 is 5.97 Å². The zero-order valence-electron chi connectivity index (χ0n) is 15.3. The van der Waals surface area contributed by atoms with Crippen LogP contribution in [0.25, 0.3) is 0 Å². The van der Waals surface area contributed by atoms with Gasteiger partial charge in [-0.1, -0.05) is 112 Å². The molecule has 0 aliphatic heterocycles. The van der Waals surface area contributed by atoms with E-state index in [1.165, 1.54) is 38.2 Å². The lowest BCUT2D eigenvalue weighted by molar-refractivity contribution is -0.131. The van der Waals surface area contributed by atoms with Crippen molar-refractivity contribution in [3.63, 3.8) is 0 Å². The fourth-order valence-electron chi connectivity index (χ4n) is 2.07. The normalized spacial score (nSPS) is 14.3. The summed E-state index contributed by atoms with van der Waals surface area (Å²) in [5.74, 6) is -0.955. The third-order valence-electron chi connectivity index (χ3n) is 3.43. The first-order valence-electron chi connectivity index (χ1n) is 9.09. The number of aliphatic carboxylic acids is 1. The predicted octanol–water partition coefficient (Wildman–Crippen LogP) is 5.52. The number of rotatable bonds is 14. The molecule has 25 heavy (non-hydrogen) atoms. The molecule has 0 heterocycles. The van der Waals surface area contributed by atoms with E-state index < -0.39 is 5.97 Å². The molecule has 0 fully saturated rings. The van der Waals surface area contributed by atoms with E-state index in [2.05, 4.69) is 6.92 Å². The van der Waals surface area contributed by atoms with Gasteiger partial charge in [-0.05, 0) is 6.42 Å². The zero-order chi connectivity index (χ0) is 18.6. The minimum Gasteiger partial charge on any atom is -0.478 e. The summed E-state index contributed by atoms with van der Waals surface area (Å²) in [6.07, 6.45) is 28.8. The Kier molecular flexibility index (Phi) is 16.7. The predicted molar refractivity (Wildman–Crippen MR) is 106 cm³/mol. The molecular weight excluding hydrogens is 312 g/mol. The second-order valence-electron chi connectivity index (χ2n) is 5.75. The summed E-state index contributed by atoms with van der Waals surface area (Å²) in [6, 6.07) is 0. The Morgan fingerprint density at radius 1 is 0.760 bits per heavy atom. The summed E-state index contributed by atoms with van der Waals surface area (Å²) < 4.78 is 0. The highest BCUT2D eigenvalue weighted by Crippen LogP contribution is 2.09. The lowest BCUT2D eigenvalue weighted by atomic mass is 10.1. The quantitative estimate of drug-likeness (QED) is 0.248. The van der Waals surface area contributed by atoms with Gasteiger partial charge in [0.1, 0.15) is 0 Å². The van der Waals surface area contributed by atoms with Crippen molar-refractivity contribution in [2.45, 2.75) is 58.0 Å². The molecule has 0 aromatic heterocycles. The summed E-state index contributed by atoms with van der Waals surface area (Å²) in [4.78, 5) is 10.2. The van der Waals surface area contributed by atoms with Gasteiger partial charge in [-0.3, -0.25) is 0 Å². The molecule has 0 saturated heterocycles. The maximum absolute atomic E-state index is 10.2. The molecule has 2 N–H and O–H groups in total. The molecule has 0 saturated carbocycles. The highest BCUT2D eigenvalue weighted by atomic mass is 16.4. The van der Waals surface area contributed by atoms with E-state index in [1.807, 2.05) is 48.6 Å². The fraction of sp³-hybridized carbons (Fsp3) is 0.409. The molecule has 0 radical (unpaired) electrons. The van der Waals surface area contributed by atoms with Crippen LogP contribution in [-0.2, 0) is 4.79 Å². The highest BCUT2D eigenvalue weighted by Gasteiger charge is 1.97. The van der Waals surface area contributed by atoms with Gasteiger partial charge < -0.3 is 10.2 Å². The highest BCUT2D eigenvalue weighted by molar-refractivity contribution is 5.80. The Bertz CT molecular complexity index is 493. The van der Waals surface area contributed by atoms with Crippen molar-refractivity contribution in [3.05, 3.63) is 72.9 Å². The van der Waals surface area contributed by atoms with Crippen LogP contribution in [0.15, 0.2) is 72.9 Å². The number of carbonyl (C=O) groups is 1. The van der Waals surface area contributed by atoms with Gasteiger partial charge in [0.25, 0.3) is 0 Å². The van der Waals surface area contributed by atoms with Crippen molar-refractivity contribution >= 4 is 5.97 Å². The maximum Gasteiger partial charge on any atom is 0.328 e. The first kappa shape index (κ1) is 22.9. The number of unbranched alkanes of at least 4 members (excludes halogenated alkanes) is 5. The molecule has 138 valence electrons. The van der Waals surface area contributed by atoms with E-state index in [-0.39, 0.29) is 6.10 Å². The Morgan fingerprint density at radius 3 is 1.80 bits per heavy atom. The summed E-state index contributed by atoms with van der Waals surface area (Å²) >= 11 is 0. The average molecular weight is 344 g/mol. The molecule has 0 bridgehead atoms. The van der Waals surface area contributed by atoms with Gasteiger partial charge in [-0.2, -0.15) is 0 Å². The van der Waals surface area contributed by atoms with E-state index in [4.69, 9.17) is 5.11 Å². The van der Waals surface area contributed by atoms with Crippen LogP contribution in [0.3, 0.4) is 0 Å². The number of aliphatic hydroxyl groups excluding tert-OH is 1. The van der Waals surface area contributed by atoms with Gasteiger partial charge in [0.15, 0.2) is 0 Å². The van der Waals surface area contributed by atoms with Crippen LogP contribution in [-0.4, -0.2) is 22.3 Å². The monoisotopic (exact) mass is 344 g/mol. The standard InChI is InChI=1S/C22H32O3/c1-2-3-4-5-12-15-18-21(23)19-16-13-10-8-6-7-9-11-14-17-20-22(24)25/h6-11,13-14,16-17,19-21,23H,2-5,12,15,18H2,1H3,(H,24,25). The van der Waals surface area contributed by atoms with Crippen molar-refractivity contribution in [2.24, 2.45) is 0 Å². The van der Waals surface area contributed by atoms with Crippen molar-refractivity contribution in [1.82, 2.24) is 0 Å². The molecule has 0 rings (SSSR count). The third-order valence-corrected chi connectivity index (χ3v) is 3.43. The first-order valence-corrected chi connectivity index (χ1v) is 9.09. The SMILES string of the molecule is CCCCCCCCC(O)C=CC=CC=CC=CC=CC=CC(=O)O. The van der Waals surface area contributed by atoms with Crippen LogP contribution >= 0.6 is 0 Å². The molecule has 1 unspecified atom stereocenters. The first-order chi connectivity index (χ1) is 12.2. The van der Waals surface area contributed by atoms with Crippen LogP contribution in [0.4, 0.5) is 0 Å². The largest absolute Gasteiger partial charge is 0.478 e. The van der Waals surface area contributed by atoms with Crippen LogP contribution in [0.2, 0.25) is 0 Å². The topological polar surface area (TPSA) is 57.5 Å². The summed E-state index contributed by atoms with van der Waals surface area (Å²) in [5.41, 5.74) is 0. The Balaban J connectivity index is 3.77. The molecule has 0 aliphatic carbocycles. The maximum atomic E-state index is 10.2. The smallest absolute Gasteiger partial charge is 0.328 e. The minimum absolute atomic E-state index is 0.358. The molecule has 0 aromatic rings. The van der Waals surface area contributed by atoms with Gasteiger partial charge in [0.2, 0.25) is 0 Å². The van der Waals surface area contributed by atoms with E-state index in [9.17, 15) is 9.90 Å². The van der Waals surface area contributed by atoms with E-state index in [0.717, 1.165) is 18.9 Å². The number of hydrogen-bond donors (Lipinski definition) is 2. The summed E-state index contributed by atoms with van der Waals surface area (Å²) in [6.45, 7) is 2.22. The van der Waals surface area contributed by atoms with Gasteiger partial charge in [-0.25, -0.2) is 4.79 Å². The Morgan fingerprint density at radius 2 is 1.24 bits per heavy atom. The van der Waals surface area contributed by atoms with Crippen molar-refractivity contribution < 1.29 is 15.0 Å². The van der Waals surface area contributed by atoms with Crippen LogP contribution < -0.4 is 0 Å². The van der Waals surface area contributed by atoms with Crippen molar-refractivity contribution in [3.8, 4) is 0 Å². The molecule has 3 nitrogen and oxygen atoms in total. The number of carboxylic acid groups (broad SMARTS) is 1. The van der Waals surface area contributed by atoms with Gasteiger partial charge in [0.05, 0.1) is 6.10 Å². The van der Waals surface area contributed by atoms with Gasteiger partial charge in [0, 0.05) is 6.08 Å². The minimum atomic E-state index is -0.955. The summed E-state index contributed by atoms with van der Waals surface area (Å²) in [7, 11) is 0. The van der Waals surface area contributed by atoms with Gasteiger partial charge in [-0.15, -0.1) is 0 Å².